The maximum Gasteiger partial charge on any atom is 0.221 e. The molecule has 1 heterocycles. The van der Waals surface area contributed by atoms with Crippen LogP contribution < -0.4 is 15.4 Å². The summed E-state index contributed by atoms with van der Waals surface area (Å²) in [4.78, 5) is 14.1. The zero-order valence-electron chi connectivity index (χ0n) is 14.8. The molecule has 5 nitrogen and oxygen atoms in total. The van der Waals surface area contributed by atoms with Gasteiger partial charge in [-0.05, 0) is 31.8 Å². The highest BCUT2D eigenvalue weighted by Crippen LogP contribution is 2.13. The van der Waals surface area contributed by atoms with Gasteiger partial charge in [-0.25, -0.2) is 0 Å². The van der Waals surface area contributed by atoms with Gasteiger partial charge in [-0.1, -0.05) is 12.1 Å². The molecule has 1 aliphatic rings. The molecule has 1 amide bonds. The van der Waals surface area contributed by atoms with Gasteiger partial charge in [0.2, 0.25) is 5.91 Å². The van der Waals surface area contributed by atoms with Crippen molar-refractivity contribution in [1.29, 1.82) is 0 Å². The number of rotatable bonds is 8. The lowest BCUT2D eigenvalue weighted by molar-refractivity contribution is -0.121. The van der Waals surface area contributed by atoms with Crippen LogP contribution in [0.1, 0.15) is 12.0 Å². The van der Waals surface area contributed by atoms with Crippen LogP contribution in [0, 0.1) is 0 Å². The maximum atomic E-state index is 12.0. The summed E-state index contributed by atoms with van der Waals surface area (Å²) in [6.45, 7) is 3.13. The van der Waals surface area contributed by atoms with E-state index in [1.165, 1.54) is 0 Å². The van der Waals surface area contributed by atoms with Crippen molar-refractivity contribution in [2.45, 2.75) is 19.0 Å². The smallest absolute Gasteiger partial charge is 0.221 e. The number of hydrogen-bond acceptors (Lipinski definition) is 5. The molecule has 0 saturated carbocycles. The van der Waals surface area contributed by atoms with Crippen LogP contribution in [0.25, 0.3) is 0 Å². The summed E-state index contributed by atoms with van der Waals surface area (Å²) < 4.78 is 5.66. The molecule has 1 aromatic carbocycles. The second-order valence-corrected chi connectivity index (χ2v) is 7.15. The summed E-state index contributed by atoms with van der Waals surface area (Å²) in [7, 11) is 4.05. The van der Waals surface area contributed by atoms with Crippen LogP contribution in [0.2, 0.25) is 0 Å². The van der Waals surface area contributed by atoms with Crippen LogP contribution in [0.5, 0.6) is 5.75 Å². The minimum absolute atomic E-state index is 0. The minimum Gasteiger partial charge on any atom is -0.492 e. The largest absolute Gasteiger partial charge is 0.492 e. The molecule has 0 aliphatic carbocycles. The van der Waals surface area contributed by atoms with Crippen LogP contribution >= 0.6 is 36.6 Å². The fraction of sp³-hybridized carbons (Fsp3) is 0.588. The average molecular weight is 410 g/mol. The van der Waals surface area contributed by atoms with E-state index in [0.717, 1.165) is 35.9 Å². The number of nitrogens with zero attached hydrogens (tertiary/aromatic N) is 1. The Morgan fingerprint density at radius 2 is 2.04 bits per heavy atom. The number of benzene rings is 1. The Morgan fingerprint density at radius 3 is 2.64 bits per heavy atom. The predicted molar refractivity (Wildman–Crippen MR) is 111 cm³/mol. The third-order valence-corrected chi connectivity index (χ3v) is 4.78. The van der Waals surface area contributed by atoms with E-state index in [-0.39, 0.29) is 30.7 Å². The van der Waals surface area contributed by atoms with Gasteiger partial charge in [-0.2, -0.15) is 11.8 Å². The summed E-state index contributed by atoms with van der Waals surface area (Å²) in [6, 6.07) is 8.22. The van der Waals surface area contributed by atoms with Gasteiger partial charge in [-0.3, -0.25) is 4.79 Å². The molecule has 25 heavy (non-hydrogen) atoms. The van der Waals surface area contributed by atoms with E-state index in [1.54, 1.807) is 0 Å². The lowest BCUT2D eigenvalue weighted by Gasteiger charge is -2.22. The van der Waals surface area contributed by atoms with Gasteiger partial charge in [0, 0.05) is 43.6 Å². The SMILES string of the molecule is CN(C)CCOc1ccc(CNC(=O)CC2CSCCN2)cc1.Cl.Cl. The number of thioether (sulfide) groups is 1. The quantitative estimate of drug-likeness (QED) is 0.688. The highest BCUT2D eigenvalue weighted by Gasteiger charge is 2.16. The average Bonchev–Trinajstić information content (AvgIpc) is 2.55. The molecule has 1 fully saturated rings. The second kappa shape index (κ2) is 13.5. The van der Waals surface area contributed by atoms with Crippen LogP contribution in [-0.4, -0.2) is 62.1 Å². The Bertz CT molecular complexity index is 483. The van der Waals surface area contributed by atoms with Crippen molar-refractivity contribution in [2.75, 3.05) is 45.3 Å². The molecule has 1 saturated heterocycles. The molecule has 0 spiro atoms. The summed E-state index contributed by atoms with van der Waals surface area (Å²) >= 11 is 1.91. The number of likely N-dealkylation sites (N-methyl/N-ethyl adjacent to an activating group) is 1. The van der Waals surface area contributed by atoms with Crippen LogP contribution in [0.15, 0.2) is 24.3 Å². The highest BCUT2D eigenvalue weighted by atomic mass is 35.5. The van der Waals surface area contributed by atoms with Crippen molar-refractivity contribution in [3.8, 4) is 5.75 Å². The molecule has 2 rings (SSSR count). The number of ether oxygens (including phenoxy) is 1. The van der Waals surface area contributed by atoms with E-state index >= 15 is 0 Å². The zero-order chi connectivity index (χ0) is 16.5. The summed E-state index contributed by atoms with van der Waals surface area (Å²) in [5, 5.41) is 6.37. The fourth-order valence-corrected chi connectivity index (χ4v) is 3.25. The first kappa shape index (κ1) is 24.3. The van der Waals surface area contributed by atoms with Gasteiger partial charge < -0.3 is 20.3 Å². The number of carbonyl (C=O) groups is 1. The van der Waals surface area contributed by atoms with Crippen LogP contribution in [0.4, 0.5) is 0 Å². The molecule has 2 N–H and O–H groups in total. The van der Waals surface area contributed by atoms with Crippen molar-refractivity contribution in [2.24, 2.45) is 0 Å². The molecular formula is C17H29Cl2N3O2S. The molecule has 8 heteroatoms. The van der Waals surface area contributed by atoms with Crippen molar-refractivity contribution in [1.82, 2.24) is 15.5 Å². The molecule has 0 radical (unpaired) electrons. The van der Waals surface area contributed by atoms with Crippen molar-refractivity contribution >= 4 is 42.5 Å². The molecular weight excluding hydrogens is 381 g/mol. The molecule has 0 bridgehead atoms. The minimum atomic E-state index is 0. The molecule has 1 unspecified atom stereocenters. The predicted octanol–water partition coefficient (Wildman–Crippen LogP) is 2.18. The van der Waals surface area contributed by atoms with Gasteiger partial charge in [0.1, 0.15) is 12.4 Å². The Kier molecular flexibility index (Phi) is 13.2. The maximum absolute atomic E-state index is 12.0. The van der Waals surface area contributed by atoms with Crippen LogP contribution in [-0.2, 0) is 11.3 Å². The first-order valence-electron chi connectivity index (χ1n) is 8.08. The van der Waals surface area contributed by atoms with E-state index in [2.05, 4.69) is 15.5 Å². The monoisotopic (exact) mass is 409 g/mol. The first-order chi connectivity index (χ1) is 11.1. The number of hydrogen-bond donors (Lipinski definition) is 2. The third-order valence-electron chi connectivity index (χ3n) is 3.65. The van der Waals surface area contributed by atoms with Crippen molar-refractivity contribution in [3.63, 3.8) is 0 Å². The molecule has 1 atom stereocenters. The Balaban J connectivity index is 0.00000288. The summed E-state index contributed by atoms with van der Waals surface area (Å²) in [5.41, 5.74) is 1.09. The normalized spacial score (nSPS) is 16.5. The summed E-state index contributed by atoms with van der Waals surface area (Å²) in [6.07, 6.45) is 0.554. The van der Waals surface area contributed by atoms with E-state index in [9.17, 15) is 4.79 Å². The van der Waals surface area contributed by atoms with E-state index in [0.29, 0.717) is 25.6 Å². The molecule has 1 aliphatic heterocycles. The number of amides is 1. The fourth-order valence-electron chi connectivity index (χ4n) is 2.30. The van der Waals surface area contributed by atoms with Crippen LogP contribution in [0.3, 0.4) is 0 Å². The van der Waals surface area contributed by atoms with Gasteiger partial charge in [0.25, 0.3) is 0 Å². The standard InChI is InChI=1S/C17H27N3O2S.2ClH/c1-20(2)8-9-22-16-5-3-14(4-6-16)12-19-17(21)11-15-13-23-10-7-18-15;;/h3-6,15,18H,7-13H2,1-2H3,(H,19,21);2*1H. The lowest BCUT2D eigenvalue weighted by atomic mass is 10.2. The first-order valence-corrected chi connectivity index (χ1v) is 9.23. The van der Waals surface area contributed by atoms with E-state index in [4.69, 9.17) is 4.74 Å². The molecule has 144 valence electrons. The van der Waals surface area contributed by atoms with E-state index in [1.807, 2.05) is 50.1 Å². The summed E-state index contributed by atoms with van der Waals surface area (Å²) in [5.74, 6) is 3.13. The lowest BCUT2D eigenvalue weighted by Crippen LogP contribution is -2.41. The second-order valence-electron chi connectivity index (χ2n) is 6.00. The number of carbonyl (C=O) groups excluding carboxylic acids is 1. The topological polar surface area (TPSA) is 53.6 Å². The third kappa shape index (κ3) is 10.2. The van der Waals surface area contributed by atoms with Crippen molar-refractivity contribution in [3.05, 3.63) is 29.8 Å². The Hall–Kier alpha value is -0.660. The van der Waals surface area contributed by atoms with Gasteiger partial charge in [0.15, 0.2) is 0 Å². The number of nitrogens with one attached hydrogen (secondary N) is 2. The van der Waals surface area contributed by atoms with E-state index < -0.39 is 0 Å². The number of halogens is 2. The highest BCUT2D eigenvalue weighted by molar-refractivity contribution is 7.99. The zero-order valence-corrected chi connectivity index (χ0v) is 17.3. The Labute approximate surface area is 167 Å². The van der Waals surface area contributed by atoms with Crippen molar-refractivity contribution < 1.29 is 9.53 Å². The van der Waals surface area contributed by atoms with Gasteiger partial charge >= 0.3 is 0 Å². The Morgan fingerprint density at radius 1 is 1.32 bits per heavy atom. The molecule has 1 aromatic rings. The van der Waals surface area contributed by atoms with Gasteiger partial charge in [-0.15, -0.1) is 24.8 Å². The van der Waals surface area contributed by atoms with Gasteiger partial charge in [0.05, 0.1) is 0 Å². The molecule has 0 aromatic heterocycles.